The van der Waals surface area contributed by atoms with Crippen molar-refractivity contribution in [2.24, 2.45) is 5.92 Å². The molecule has 0 spiro atoms. The van der Waals surface area contributed by atoms with Gasteiger partial charge in [0, 0.05) is 12.6 Å². The lowest BCUT2D eigenvalue weighted by molar-refractivity contribution is -0.143. The van der Waals surface area contributed by atoms with Gasteiger partial charge in [-0.05, 0) is 23.6 Å². The number of carbonyl (C=O) groups excluding carboxylic acids is 2. The summed E-state index contributed by atoms with van der Waals surface area (Å²) in [5.41, 5.74) is 1.62. The van der Waals surface area contributed by atoms with Crippen molar-refractivity contribution in [3.8, 4) is 0 Å². The Morgan fingerprint density at radius 3 is 2.11 bits per heavy atom. The van der Waals surface area contributed by atoms with Crippen LogP contribution in [0.15, 0.2) is 24.3 Å². The molecule has 1 aromatic rings. The lowest BCUT2D eigenvalue weighted by Crippen LogP contribution is -2.19. The summed E-state index contributed by atoms with van der Waals surface area (Å²) in [4.78, 5) is 22.6. The third kappa shape index (κ3) is 3.58. The first-order valence-electron chi connectivity index (χ1n) is 5.91. The number of nitrogens with one attached hydrogen (secondary N) is 1. The first kappa shape index (κ1) is 14.2. The van der Waals surface area contributed by atoms with Crippen LogP contribution in [0.2, 0.25) is 0 Å². The van der Waals surface area contributed by atoms with E-state index >= 15 is 0 Å². The van der Waals surface area contributed by atoms with E-state index in [9.17, 15) is 9.59 Å². The molecule has 1 amide bonds. The number of hydrogen-bond acceptors (Lipinski definition) is 3. The molecule has 1 N–H and O–H groups in total. The molecule has 0 aliphatic rings. The fourth-order valence-corrected chi connectivity index (χ4v) is 1.90. The third-order valence-electron chi connectivity index (χ3n) is 2.71. The van der Waals surface area contributed by atoms with Crippen LogP contribution in [-0.2, 0) is 14.3 Å². The Morgan fingerprint density at radius 2 is 1.72 bits per heavy atom. The lowest BCUT2D eigenvalue weighted by atomic mass is 9.88. The molecule has 1 aromatic carbocycles. The van der Waals surface area contributed by atoms with Crippen molar-refractivity contribution in [2.75, 3.05) is 12.4 Å². The molecule has 0 heterocycles. The summed E-state index contributed by atoms with van der Waals surface area (Å²) in [6.07, 6.45) is 0. The molecule has 0 fully saturated rings. The predicted molar refractivity (Wildman–Crippen MR) is 70.3 cm³/mol. The second-order valence-corrected chi connectivity index (χ2v) is 4.55. The molecular weight excluding hydrogens is 230 g/mol. The zero-order valence-corrected chi connectivity index (χ0v) is 11.2. The predicted octanol–water partition coefficient (Wildman–Crippen LogP) is 2.56. The van der Waals surface area contributed by atoms with E-state index in [2.05, 4.69) is 5.32 Å². The summed E-state index contributed by atoms with van der Waals surface area (Å²) in [6.45, 7) is 5.41. The summed E-state index contributed by atoms with van der Waals surface area (Å²) in [5, 5.41) is 2.69. The smallest absolute Gasteiger partial charge is 0.313 e. The van der Waals surface area contributed by atoms with Crippen LogP contribution in [0.4, 0.5) is 5.69 Å². The van der Waals surface area contributed by atoms with Gasteiger partial charge in [-0.1, -0.05) is 26.0 Å². The highest BCUT2D eigenvalue weighted by atomic mass is 16.5. The first-order chi connectivity index (χ1) is 8.45. The van der Waals surface area contributed by atoms with Gasteiger partial charge in [0.1, 0.15) is 0 Å². The van der Waals surface area contributed by atoms with Crippen LogP contribution in [0.5, 0.6) is 0 Å². The van der Waals surface area contributed by atoms with E-state index in [1.165, 1.54) is 14.0 Å². The molecule has 0 bridgehead atoms. The Balaban J connectivity index is 2.94. The quantitative estimate of drug-likeness (QED) is 0.834. The molecule has 4 nitrogen and oxygen atoms in total. The molecule has 18 heavy (non-hydrogen) atoms. The summed E-state index contributed by atoms with van der Waals surface area (Å²) in [6, 6.07) is 7.25. The van der Waals surface area contributed by atoms with Gasteiger partial charge in [-0.2, -0.15) is 0 Å². The van der Waals surface area contributed by atoms with Crippen molar-refractivity contribution in [2.45, 2.75) is 26.7 Å². The molecule has 0 aliphatic heterocycles. The lowest BCUT2D eigenvalue weighted by Gasteiger charge is -2.19. The highest BCUT2D eigenvalue weighted by molar-refractivity contribution is 5.88. The number of methoxy groups -OCH3 is 1. The van der Waals surface area contributed by atoms with Gasteiger partial charge in [0.05, 0.1) is 13.0 Å². The second-order valence-electron chi connectivity index (χ2n) is 4.55. The Kier molecular flexibility index (Phi) is 4.89. The maximum absolute atomic E-state index is 11.7. The minimum Gasteiger partial charge on any atom is -0.469 e. The van der Waals surface area contributed by atoms with E-state index in [4.69, 9.17) is 4.74 Å². The number of anilines is 1. The number of hydrogen-bond donors (Lipinski definition) is 1. The van der Waals surface area contributed by atoms with Crippen LogP contribution >= 0.6 is 0 Å². The van der Waals surface area contributed by atoms with Crippen molar-refractivity contribution in [3.05, 3.63) is 29.8 Å². The normalized spacial score (nSPS) is 12.1. The minimum atomic E-state index is -0.277. The molecule has 0 saturated heterocycles. The van der Waals surface area contributed by atoms with Crippen LogP contribution in [0.25, 0.3) is 0 Å². The van der Waals surface area contributed by atoms with Gasteiger partial charge in [0.2, 0.25) is 5.91 Å². The standard InChI is InChI=1S/C14H19NO3/c1-9(2)13(14(17)18-4)11-5-7-12(8-6-11)15-10(3)16/h5-9,13H,1-4H3,(H,15,16). The van der Waals surface area contributed by atoms with E-state index in [-0.39, 0.29) is 23.7 Å². The third-order valence-corrected chi connectivity index (χ3v) is 2.71. The summed E-state index contributed by atoms with van der Waals surface area (Å²) < 4.78 is 4.81. The SMILES string of the molecule is COC(=O)C(c1ccc(NC(C)=O)cc1)C(C)C. The number of esters is 1. The summed E-state index contributed by atoms with van der Waals surface area (Å²) in [5.74, 6) is -0.473. The molecule has 0 radical (unpaired) electrons. The summed E-state index contributed by atoms with van der Waals surface area (Å²) >= 11 is 0. The zero-order valence-electron chi connectivity index (χ0n) is 11.2. The molecule has 1 atom stereocenters. The van der Waals surface area contributed by atoms with Crippen LogP contribution in [0, 0.1) is 5.92 Å². The Bertz CT molecular complexity index is 423. The molecule has 0 aromatic heterocycles. The number of amides is 1. The van der Waals surface area contributed by atoms with Crippen molar-refractivity contribution < 1.29 is 14.3 Å². The van der Waals surface area contributed by atoms with Crippen molar-refractivity contribution in [1.29, 1.82) is 0 Å². The van der Waals surface area contributed by atoms with Crippen molar-refractivity contribution in [3.63, 3.8) is 0 Å². The maximum atomic E-state index is 11.7. The van der Waals surface area contributed by atoms with Crippen LogP contribution in [0.1, 0.15) is 32.3 Å². The van der Waals surface area contributed by atoms with Crippen molar-refractivity contribution in [1.82, 2.24) is 0 Å². The monoisotopic (exact) mass is 249 g/mol. The average molecular weight is 249 g/mol. The van der Waals surface area contributed by atoms with Crippen LogP contribution in [0.3, 0.4) is 0 Å². The maximum Gasteiger partial charge on any atom is 0.313 e. The molecular formula is C14H19NO3. The molecule has 4 heteroatoms. The largest absolute Gasteiger partial charge is 0.469 e. The Morgan fingerprint density at radius 1 is 1.17 bits per heavy atom. The fourth-order valence-electron chi connectivity index (χ4n) is 1.90. The number of carbonyl (C=O) groups is 2. The first-order valence-corrected chi connectivity index (χ1v) is 5.91. The number of benzene rings is 1. The van der Waals surface area contributed by atoms with E-state index in [1.807, 2.05) is 26.0 Å². The van der Waals surface area contributed by atoms with E-state index in [0.29, 0.717) is 0 Å². The van der Waals surface area contributed by atoms with Gasteiger partial charge in [0.25, 0.3) is 0 Å². The Labute approximate surface area is 107 Å². The molecule has 0 aliphatic carbocycles. The van der Waals surface area contributed by atoms with Gasteiger partial charge in [-0.15, -0.1) is 0 Å². The van der Waals surface area contributed by atoms with Gasteiger partial charge < -0.3 is 10.1 Å². The zero-order chi connectivity index (χ0) is 13.7. The minimum absolute atomic E-state index is 0.115. The van der Waals surface area contributed by atoms with Crippen molar-refractivity contribution >= 4 is 17.6 Å². The molecule has 98 valence electrons. The van der Waals surface area contributed by atoms with Gasteiger partial charge >= 0.3 is 5.97 Å². The van der Waals surface area contributed by atoms with Crippen LogP contribution < -0.4 is 5.32 Å². The molecule has 0 saturated carbocycles. The second kappa shape index (κ2) is 6.19. The molecule has 1 unspecified atom stereocenters. The number of ether oxygens (including phenoxy) is 1. The average Bonchev–Trinajstić information content (AvgIpc) is 2.30. The number of rotatable bonds is 4. The fraction of sp³-hybridized carbons (Fsp3) is 0.429. The van der Waals surface area contributed by atoms with E-state index in [0.717, 1.165) is 11.3 Å². The van der Waals surface area contributed by atoms with E-state index < -0.39 is 0 Å². The van der Waals surface area contributed by atoms with Gasteiger partial charge in [0.15, 0.2) is 0 Å². The van der Waals surface area contributed by atoms with Crippen LogP contribution in [-0.4, -0.2) is 19.0 Å². The van der Waals surface area contributed by atoms with E-state index in [1.54, 1.807) is 12.1 Å². The van der Waals surface area contributed by atoms with Gasteiger partial charge in [-0.3, -0.25) is 9.59 Å². The summed E-state index contributed by atoms with van der Waals surface area (Å²) in [7, 11) is 1.39. The van der Waals surface area contributed by atoms with Gasteiger partial charge in [-0.25, -0.2) is 0 Å². The topological polar surface area (TPSA) is 55.4 Å². The molecule has 1 rings (SSSR count). The highest BCUT2D eigenvalue weighted by Crippen LogP contribution is 2.26. The highest BCUT2D eigenvalue weighted by Gasteiger charge is 2.24. The Hall–Kier alpha value is -1.84.